The van der Waals surface area contributed by atoms with Crippen molar-refractivity contribution in [3.63, 3.8) is 0 Å². The Balaban J connectivity index is 2.26. The van der Waals surface area contributed by atoms with Crippen LogP contribution in [0.5, 0.6) is 5.75 Å². The molecule has 5 nitrogen and oxygen atoms in total. The molecular weight excluding hydrogens is 340 g/mol. The molecule has 8 heteroatoms. The van der Waals surface area contributed by atoms with E-state index in [1.54, 1.807) is 12.1 Å². The van der Waals surface area contributed by atoms with E-state index in [-0.39, 0.29) is 29.2 Å². The Bertz CT molecular complexity index is 741. The summed E-state index contributed by atoms with van der Waals surface area (Å²) in [6.45, 7) is -0.943. The maximum atomic E-state index is 12.5. The highest BCUT2D eigenvalue weighted by Gasteiger charge is 2.14. The van der Waals surface area contributed by atoms with Crippen LogP contribution in [0.4, 0.5) is 14.6 Å². The van der Waals surface area contributed by atoms with Crippen LogP contribution in [0, 0.1) is 6.92 Å². The highest BCUT2D eigenvalue weighted by atomic mass is 35.5. The average Bonchev–Trinajstić information content (AvgIpc) is 2.54. The molecule has 0 radical (unpaired) electrons. The van der Waals surface area contributed by atoms with E-state index in [0.29, 0.717) is 11.1 Å². The second-order valence-electron chi connectivity index (χ2n) is 4.95. The van der Waals surface area contributed by atoms with Gasteiger partial charge < -0.3 is 15.4 Å². The Morgan fingerprint density at radius 2 is 2.08 bits per heavy atom. The van der Waals surface area contributed by atoms with Gasteiger partial charge in [0, 0.05) is 19.2 Å². The van der Waals surface area contributed by atoms with Crippen molar-refractivity contribution in [2.75, 3.05) is 12.4 Å². The van der Waals surface area contributed by atoms with Gasteiger partial charge in [-0.15, -0.1) is 0 Å². The number of pyridine rings is 1. The van der Waals surface area contributed by atoms with Crippen molar-refractivity contribution in [3.05, 3.63) is 52.2 Å². The molecule has 0 atom stereocenters. The molecule has 1 aromatic heterocycles. The molecule has 0 aliphatic rings. The lowest BCUT2D eigenvalue weighted by Gasteiger charge is -2.14. The highest BCUT2D eigenvalue weighted by Crippen LogP contribution is 2.24. The van der Waals surface area contributed by atoms with Crippen molar-refractivity contribution in [1.82, 2.24) is 10.3 Å². The number of aromatic nitrogens is 1. The van der Waals surface area contributed by atoms with Gasteiger partial charge >= 0.3 is 6.61 Å². The number of benzene rings is 1. The summed E-state index contributed by atoms with van der Waals surface area (Å²) in [5.74, 6) is -0.0204. The van der Waals surface area contributed by atoms with Gasteiger partial charge in [-0.1, -0.05) is 29.3 Å². The Morgan fingerprint density at radius 1 is 1.33 bits per heavy atom. The Kier molecular flexibility index (Phi) is 5.92. The number of anilines is 1. The molecule has 0 aliphatic carbocycles. The van der Waals surface area contributed by atoms with Crippen LogP contribution in [0.25, 0.3) is 0 Å². The van der Waals surface area contributed by atoms with Crippen LogP contribution in [-0.2, 0) is 6.54 Å². The number of carbonyl (C=O) groups is 1. The average molecular weight is 356 g/mol. The summed E-state index contributed by atoms with van der Waals surface area (Å²) in [7, 11) is 1.50. The minimum atomic E-state index is -2.92. The normalized spacial score (nSPS) is 10.6. The number of nitrogens with zero attached hydrogens (tertiary/aromatic N) is 1. The number of ether oxygens (including phenoxy) is 1. The standard InChI is InChI=1S/C16H16ClF2N3O2/c1-9-3-5-12(24-16(18)19)10(7-9)8-21-14-11(15(23)20-2)4-6-13(17)22-14/h3-7,16H,8H2,1-2H3,(H,20,23)(H,21,22). The molecule has 1 heterocycles. The van der Waals surface area contributed by atoms with Gasteiger partial charge in [-0.25, -0.2) is 4.98 Å². The number of carbonyl (C=O) groups excluding carboxylic acids is 1. The van der Waals surface area contributed by atoms with E-state index in [0.717, 1.165) is 5.56 Å². The first-order valence-corrected chi connectivity index (χ1v) is 7.45. The SMILES string of the molecule is CNC(=O)c1ccc(Cl)nc1NCc1cc(C)ccc1OC(F)F. The summed E-state index contributed by atoms with van der Waals surface area (Å²) in [4.78, 5) is 15.9. The fraction of sp³-hybridized carbons (Fsp3) is 0.250. The van der Waals surface area contributed by atoms with Gasteiger partial charge in [0.15, 0.2) is 0 Å². The summed E-state index contributed by atoms with van der Waals surface area (Å²) in [6.07, 6.45) is 0. The molecule has 0 aliphatic heterocycles. The van der Waals surface area contributed by atoms with Crippen LogP contribution >= 0.6 is 11.6 Å². The maximum Gasteiger partial charge on any atom is 0.387 e. The molecule has 0 spiro atoms. The van der Waals surface area contributed by atoms with Crippen molar-refractivity contribution in [2.24, 2.45) is 0 Å². The van der Waals surface area contributed by atoms with Crippen LogP contribution in [0.3, 0.4) is 0 Å². The third kappa shape index (κ3) is 4.55. The van der Waals surface area contributed by atoms with Crippen LogP contribution in [0.2, 0.25) is 5.15 Å². The van der Waals surface area contributed by atoms with E-state index in [1.807, 2.05) is 6.92 Å². The molecule has 2 rings (SSSR count). The summed E-state index contributed by atoms with van der Waals surface area (Å²) < 4.78 is 29.5. The number of hydrogen-bond donors (Lipinski definition) is 2. The number of alkyl halides is 2. The van der Waals surface area contributed by atoms with E-state index in [9.17, 15) is 13.6 Å². The minimum Gasteiger partial charge on any atom is -0.434 e. The second kappa shape index (κ2) is 7.92. The van der Waals surface area contributed by atoms with E-state index in [2.05, 4.69) is 20.4 Å². The number of rotatable bonds is 6. The lowest BCUT2D eigenvalue weighted by atomic mass is 10.1. The van der Waals surface area contributed by atoms with E-state index in [4.69, 9.17) is 11.6 Å². The van der Waals surface area contributed by atoms with Crippen molar-refractivity contribution < 1.29 is 18.3 Å². The van der Waals surface area contributed by atoms with Gasteiger partial charge in [-0.05, 0) is 25.1 Å². The van der Waals surface area contributed by atoms with Gasteiger partial charge in [0.25, 0.3) is 5.91 Å². The molecule has 1 amide bonds. The van der Waals surface area contributed by atoms with Gasteiger partial charge in [-0.3, -0.25) is 4.79 Å². The lowest BCUT2D eigenvalue weighted by molar-refractivity contribution is -0.0504. The maximum absolute atomic E-state index is 12.5. The van der Waals surface area contributed by atoms with Crippen molar-refractivity contribution in [1.29, 1.82) is 0 Å². The highest BCUT2D eigenvalue weighted by molar-refractivity contribution is 6.29. The van der Waals surface area contributed by atoms with Crippen LogP contribution in [0.1, 0.15) is 21.5 Å². The van der Waals surface area contributed by atoms with E-state index in [1.165, 1.54) is 25.2 Å². The topological polar surface area (TPSA) is 63.2 Å². The molecule has 0 unspecified atom stereocenters. The first kappa shape index (κ1) is 17.9. The number of halogens is 3. The summed E-state index contributed by atoms with van der Waals surface area (Å²) >= 11 is 5.87. The molecule has 0 saturated carbocycles. The zero-order valence-electron chi connectivity index (χ0n) is 13.1. The Hall–Kier alpha value is -2.41. The molecule has 2 N–H and O–H groups in total. The zero-order chi connectivity index (χ0) is 17.7. The number of amides is 1. The van der Waals surface area contributed by atoms with Crippen molar-refractivity contribution >= 4 is 23.3 Å². The number of hydrogen-bond acceptors (Lipinski definition) is 4. The van der Waals surface area contributed by atoms with Crippen molar-refractivity contribution in [2.45, 2.75) is 20.1 Å². The van der Waals surface area contributed by atoms with Crippen molar-refractivity contribution in [3.8, 4) is 5.75 Å². The Morgan fingerprint density at radius 3 is 2.75 bits per heavy atom. The second-order valence-corrected chi connectivity index (χ2v) is 5.34. The van der Waals surface area contributed by atoms with Gasteiger partial charge in [0.2, 0.25) is 0 Å². The lowest BCUT2D eigenvalue weighted by Crippen LogP contribution is -2.20. The summed E-state index contributed by atoms with van der Waals surface area (Å²) in [6, 6.07) is 7.89. The zero-order valence-corrected chi connectivity index (χ0v) is 13.8. The third-order valence-corrected chi connectivity index (χ3v) is 3.42. The predicted octanol–water partition coefficient (Wildman–Crippen LogP) is 3.62. The predicted molar refractivity (Wildman–Crippen MR) is 87.8 cm³/mol. The van der Waals surface area contributed by atoms with Gasteiger partial charge in [-0.2, -0.15) is 8.78 Å². The van der Waals surface area contributed by atoms with E-state index < -0.39 is 6.61 Å². The Labute approximate surface area is 143 Å². The third-order valence-electron chi connectivity index (χ3n) is 3.21. The largest absolute Gasteiger partial charge is 0.434 e. The van der Waals surface area contributed by atoms with Gasteiger partial charge in [0.1, 0.15) is 16.7 Å². The fourth-order valence-electron chi connectivity index (χ4n) is 2.12. The molecular formula is C16H16ClF2N3O2. The summed E-state index contributed by atoms with van der Waals surface area (Å²) in [5, 5.41) is 5.65. The molecule has 0 fully saturated rings. The van der Waals surface area contributed by atoms with Crippen LogP contribution in [-0.4, -0.2) is 24.6 Å². The quantitative estimate of drug-likeness (QED) is 0.777. The first-order chi connectivity index (χ1) is 11.4. The minimum absolute atomic E-state index is 0.0617. The molecule has 1 aromatic carbocycles. The van der Waals surface area contributed by atoms with Gasteiger partial charge in [0.05, 0.1) is 5.56 Å². The molecule has 0 saturated heterocycles. The van der Waals surface area contributed by atoms with Crippen LogP contribution in [0.15, 0.2) is 30.3 Å². The smallest absolute Gasteiger partial charge is 0.387 e. The summed E-state index contributed by atoms with van der Waals surface area (Å²) in [5.41, 5.74) is 1.70. The first-order valence-electron chi connectivity index (χ1n) is 7.07. The molecule has 2 aromatic rings. The molecule has 24 heavy (non-hydrogen) atoms. The number of nitrogens with one attached hydrogen (secondary N) is 2. The molecule has 0 bridgehead atoms. The number of aryl methyl sites for hydroxylation is 1. The van der Waals surface area contributed by atoms with Crippen LogP contribution < -0.4 is 15.4 Å². The monoisotopic (exact) mass is 355 g/mol. The van der Waals surface area contributed by atoms with E-state index >= 15 is 0 Å². The molecule has 128 valence electrons. The fourth-order valence-corrected chi connectivity index (χ4v) is 2.27.